The highest BCUT2D eigenvalue weighted by Crippen LogP contribution is 2.39. The van der Waals surface area contributed by atoms with Gasteiger partial charge in [0.15, 0.2) is 6.29 Å². The number of phosphoric acid groups is 1. The molecule has 3 amide bonds. The molecular formula is C26H38N3O8PS. The monoisotopic (exact) mass is 583 g/mol. The van der Waals surface area contributed by atoms with Gasteiger partial charge in [0.2, 0.25) is 17.7 Å². The van der Waals surface area contributed by atoms with Gasteiger partial charge >= 0.3 is 7.82 Å². The molecule has 3 rings (SSSR count). The molecule has 1 saturated carbocycles. The first-order valence-corrected chi connectivity index (χ1v) is 16.0. The molecule has 1 aliphatic carbocycles. The lowest BCUT2D eigenvalue weighted by Gasteiger charge is -2.27. The van der Waals surface area contributed by atoms with Gasteiger partial charge in [0, 0.05) is 37.9 Å². The van der Waals surface area contributed by atoms with Crippen molar-refractivity contribution in [2.75, 3.05) is 24.6 Å². The van der Waals surface area contributed by atoms with Crippen LogP contribution in [0.15, 0.2) is 18.2 Å². The van der Waals surface area contributed by atoms with Crippen molar-refractivity contribution in [3.05, 3.63) is 29.3 Å². The maximum absolute atomic E-state index is 13.3. The second-order valence-corrected chi connectivity index (χ2v) is 12.5. The number of benzene rings is 1. The highest BCUT2D eigenvalue weighted by Gasteiger charge is 2.31. The van der Waals surface area contributed by atoms with Crippen molar-refractivity contribution in [3.63, 3.8) is 0 Å². The van der Waals surface area contributed by atoms with Crippen molar-refractivity contribution in [1.82, 2.24) is 15.5 Å². The molecule has 0 aromatic heterocycles. The number of nitrogens with zero attached hydrogens (tertiary/aromatic N) is 1. The first-order chi connectivity index (χ1) is 18.6. The predicted molar refractivity (Wildman–Crippen MR) is 147 cm³/mol. The van der Waals surface area contributed by atoms with Crippen LogP contribution in [-0.2, 0) is 25.4 Å². The summed E-state index contributed by atoms with van der Waals surface area (Å²) in [6, 6.07) is 2.25. The average molecular weight is 584 g/mol. The maximum Gasteiger partial charge on any atom is 0.524 e. The van der Waals surface area contributed by atoms with Crippen molar-refractivity contribution >= 4 is 43.6 Å². The van der Waals surface area contributed by atoms with Gasteiger partial charge in [-0.3, -0.25) is 29.0 Å². The van der Waals surface area contributed by atoms with Crippen LogP contribution in [0.3, 0.4) is 0 Å². The third-order valence-corrected chi connectivity index (χ3v) is 8.51. The van der Waals surface area contributed by atoms with Crippen LogP contribution in [0.5, 0.6) is 5.75 Å². The number of carbonyl (C=O) groups is 4. The topological polar surface area (TPSA) is 162 Å². The van der Waals surface area contributed by atoms with Gasteiger partial charge in [-0.2, -0.15) is 11.8 Å². The Bertz CT molecular complexity index is 1080. The third kappa shape index (κ3) is 10.3. The van der Waals surface area contributed by atoms with Crippen molar-refractivity contribution in [2.45, 2.75) is 70.4 Å². The van der Waals surface area contributed by atoms with Crippen molar-refractivity contribution in [2.24, 2.45) is 5.92 Å². The van der Waals surface area contributed by atoms with Gasteiger partial charge in [-0.15, -0.1) is 0 Å². The first-order valence-electron chi connectivity index (χ1n) is 13.3. The lowest BCUT2D eigenvalue weighted by atomic mass is 9.86. The fraction of sp³-hybridized carbons (Fsp3) is 0.615. The quantitative estimate of drug-likeness (QED) is 0.214. The van der Waals surface area contributed by atoms with Crippen molar-refractivity contribution in [1.29, 1.82) is 0 Å². The van der Waals surface area contributed by atoms with E-state index in [-0.39, 0.29) is 23.6 Å². The van der Waals surface area contributed by atoms with E-state index in [0.717, 1.165) is 24.5 Å². The van der Waals surface area contributed by atoms with Crippen LogP contribution in [-0.4, -0.2) is 75.4 Å². The molecule has 2 atom stereocenters. The van der Waals surface area contributed by atoms with Gasteiger partial charge in [-0.1, -0.05) is 38.2 Å². The summed E-state index contributed by atoms with van der Waals surface area (Å²) in [5, 5.41) is 5.41. The summed E-state index contributed by atoms with van der Waals surface area (Å²) in [5.41, 5.74) is 0.340. The summed E-state index contributed by atoms with van der Waals surface area (Å²) in [6.45, 7) is 2.57. The van der Waals surface area contributed by atoms with Crippen LogP contribution in [0.2, 0.25) is 0 Å². The normalized spacial score (nSPS) is 19.6. The molecule has 216 valence electrons. The summed E-state index contributed by atoms with van der Waals surface area (Å²) in [4.78, 5) is 69.8. The van der Waals surface area contributed by atoms with E-state index in [0.29, 0.717) is 30.7 Å². The number of thioether (sulfide) groups is 1. The molecule has 0 radical (unpaired) electrons. The Balaban J connectivity index is 1.64. The Morgan fingerprint density at radius 3 is 2.67 bits per heavy atom. The zero-order chi connectivity index (χ0) is 28.4. The summed E-state index contributed by atoms with van der Waals surface area (Å²) < 4.78 is 15.7. The number of rotatable bonds is 12. The molecule has 1 aromatic rings. The van der Waals surface area contributed by atoms with E-state index in [1.54, 1.807) is 11.8 Å². The summed E-state index contributed by atoms with van der Waals surface area (Å²) in [5.74, 6) is 0.553. The number of amides is 3. The molecule has 4 N–H and O–H groups in total. The summed E-state index contributed by atoms with van der Waals surface area (Å²) >= 11 is 1.59. The molecule has 39 heavy (non-hydrogen) atoms. The van der Waals surface area contributed by atoms with E-state index >= 15 is 0 Å². The Morgan fingerprint density at radius 2 is 2.00 bits per heavy atom. The number of phosphoric ester groups is 1. The van der Waals surface area contributed by atoms with Crippen molar-refractivity contribution in [3.8, 4) is 5.75 Å². The average Bonchev–Trinajstić information content (AvgIpc) is 3.05. The standard InChI is InChI=1S/C26H38N3O8PS/c1-18(31)27-22(15-20-9-10-24(21(14-20)16-30)37-38(34,35)36)25(32)28-23-17-39-13-12-29(26(23)33)11-5-8-19-6-3-2-4-7-19/h9-10,14,16,19,22-23H,2-8,11-13,15,17H2,1H3,(H,27,31)(H,28,32)(H2,34,35,36)/t22-,23-/m0/s1. The fourth-order valence-corrected chi connectivity index (χ4v) is 6.54. The molecule has 0 spiro atoms. The number of carbonyl (C=O) groups excluding carboxylic acids is 4. The summed E-state index contributed by atoms with van der Waals surface area (Å²) in [6.07, 6.45) is 8.84. The minimum absolute atomic E-state index is 0.0123. The molecule has 0 bridgehead atoms. The minimum Gasteiger partial charge on any atom is -0.403 e. The smallest absolute Gasteiger partial charge is 0.403 e. The first kappa shape index (κ1) is 31.1. The van der Waals surface area contributed by atoms with E-state index < -0.39 is 31.7 Å². The highest BCUT2D eigenvalue weighted by atomic mass is 32.2. The van der Waals surface area contributed by atoms with Crippen LogP contribution < -0.4 is 15.2 Å². The molecule has 2 aliphatic rings. The summed E-state index contributed by atoms with van der Waals surface area (Å²) in [7, 11) is -4.87. The Kier molecular flexibility index (Phi) is 11.8. The molecule has 1 aromatic carbocycles. The van der Waals surface area contributed by atoms with Gasteiger partial charge in [-0.25, -0.2) is 4.57 Å². The molecule has 0 unspecified atom stereocenters. The van der Waals surface area contributed by atoms with Crippen molar-refractivity contribution < 1.29 is 38.1 Å². The number of hydrogen-bond donors (Lipinski definition) is 4. The number of nitrogens with one attached hydrogen (secondary N) is 2. The van der Waals surface area contributed by atoms with Gasteiger partial charge in [0.05, 0.1) is 5.56 Å². The van der Waals surface area contributed by atoms with Gasteiger partial charge < -0.3 is 20.1 Å². The molecule has 1 saturated heterocycles. The van der Waals surface area contributed by atoms with Crippen LogP contribution in [0.1, 0.15) is 67.8 Å². The Morgan fingerprint density at radius 1 is 1.26 bits per heavy atom. The fourth-order valence-electron chi connectivity index (χ4n) is 5.14. The zero-order valence-electron chi connectivity index (χ0n) is 22.2. The lowest BCUT2D eigenvalue weighted by Crippen LogP contribution is -2.55. The second-order valence-electron chi connectivity index (χ2n) is 10.1. The van der Waals surface area contributed by atoms with Gasteiger partial charge in [-0.05, 0) is 36.5 Å². The van der Waals surface area contributed by atoms with Crippen LogP contribution in [0.25, 0.3) is 0 Å². The van der Waals surface area contributed by atoms with E-state index in [2.05, 4.69) is 15.2 Å². The van der Waals surface area contributed by atoms with E-state index in [9.17, 15) is 23.7 Å². The molecule has 1 aliphatic heterocycles. The highest BCUT2D eigenvalue weighted by molar-refractivity contribution is 7.99. The van der Waals surface area contributed by atoms with E-state index in [1.807, 2.05) is 4.90 Å². The van der Waals surface area contributed by atoms with E-state index in [4.69, 9.17) is 9.79 Å². The maximum atomic E-state index is 13.3. The zero-order valence-corrected chi connectivity index (χ0v) is 23.9. The second kappa shape index (κ2) is 14.8. The Labute approximate surface area is 233 Å². The van der Waals surface area contributed by atoms with Crippen LogP contribution in [0.4, 0.5) is 0 Å². The number of hydrogen-bond acceptors (Lipinski definition) is 7. The number of aldehydes is 1. The molecule has 13 heteroatoms. The largest absolute Gasteiger partial charge is 0.524 e. The molecular weight excluding hydrogens is 545 g/mol. The minimum atomic E-state index is -4.87. The lowest BCUT2D eigenvalue weighted by molar-refractivity contribution is -0.136. The SMILES string of the molecule is CC(=O)N[C@@H](Cc1ccc(OP(=O)(O)O)c(C=O)c1)C(=O)N[C@H]1CSCCN(CCCC2CCCCC2)C1=O. The predicted octanol–water partition coefficient (Wildman–Crippen LogP) is 2.44. The molecule has 2 fully saturated rings. The Hall–Kier alpha value is -2.40. The van der Waals surface area contributed by atoms with Crippen LogP contribution >= 0.6 is 19.6 Å². The van der Waals surface area contributed by atoms with Gasteiger partial charge in [0.1, 0.15) is 17.8 Å². The van der Waals surface area contributed by atoms with E-state index in [1.165, 1.54) is 57.2 Å². The molecule has 11 nitrogen and oxygen atoms in total. The van der Waals surface area contributed by atoms with Gasteiger partial charge in [0.25, 0.3) is 0 Å². The van der Waals surface area contributed by atoms with Crippen LogP contribution in [0, 0.1) is 5.92 Å². The third-order valence-electron chi connectivity index (χ3n) is 7.03. The molecule has 1 heterocycles.